The summed E-state index contributed by atoms with van der Waals surface area (Å²) in [4.78, 5) is 0.523. The zero-order valence-electron chi connectivity index (χ0n) is 16.9. The maximum atomic E-state index is 12.6. The van der Waals surface area contributed by atoms with Crippen LogP contribution < -0.4 is 5.14 Å². The Morgan fingerprint density at radius 1 is 1.07 bits per heavy atom. The first-order valence-corrected chi connectivity index (χ1v) is 12.8. The zero-order chi connectivity index (χ0) is 21.6. The predicted molar refractivity (Wildman–Crippen MR) is 117 cm³/mol. The average Bonchev–Trinajstić information content (AvgIpc) is 3.18. The Labute approximate surface area is 178 Å². The molecule has 7 nitrogen and oxygen atoms in total. The summed E-state index contributed by atoms with van der Waals surface area (Å²) < 4.78 is 40.8. The van der Waals surface area contributed by atoms with Gasteiger partial charge in [0, 0.05) is 11.7 Å². The molecule has 2 atom stereocenters. The number of aromatic nitrogens is 1. The molecule has 2 aromatic carbocycles. The van der Waals surface area contributed by atoms with Gasteiger partial charge in [-0.25, -0.2) is 9.35 Å². The fourth-order valence-electron chi connectivity index (χ4n) is 3.00. The van der Waals surface area contributed by atoms with E-state index < -0.39 is 18.4 Å². The summed E-state index contributed by atoms with van der Waals surface area (Å²) in [6.07, 6.45) is 0.403. The Bertz CT molecular complexity index is 1040. The fourth-order valence-corrected chi connectivity index (χ4v) is 4.69. The third kappa shape index (κ3) is 5.33. The summed E-state index contributed by atoms with van der Waals surface area (Å²) in [5, 5.41) is 9.71. The van der Waals surface area contributed by atoms with Crippen LogP contribution in [0.15, 0.2) is 64.0 Å². The Morgan fingerprint density at radius 3 is 2.37 bits per heavy atom. The Hall–Kier alpha value is -2.09. The molecule has 0 saturated carbocycles. The SMILES string of the molecule is CCOP(=O)(CC)COCc1onc(-c2ccccc2)c1-c1ccc(S(N)=O)cc1. The van der Waals surface area contributed by atoms with Crippen molar-refractivity contribution in [1.29, 1.82) is 0 Å². The highest BCUT2D eigenvalue weighted by atomic mass is 32.2. The topological polar surface area (TPSA) is 105 Å². The van der Waals surface area contributed by atoms with E-state index >= 15 is 0 Å². The standard InChI is InChI=1S/C21H25N2O5PS/c1-3-27-29(24,4-2)15-26-14-19-20(16-10-12-18(13-11-16)30(22)25)21(23-28-19)17-8-6-5-7-9-17/h5-13H,3-4,14-15,22H2,1-2H3. The first-order chi connectivity index (χ1) is 14.5. The molecule has 1 heterocycles. The normalized spacial score (nSPS) is 14.4. The highest BCUT2D eigenvalue weighted by Crippen LogP contribution is 2.46. The average molecular weight is 448 g/mol. The first kappa shape index (κ1) is 22.6. The van der Waals surface area contributed by atoms with Gasteiger partial charge >= 0.3 is 0 Å². The van der Waals surface area contributed by atoms with Crippen molar-refractivity contribution in [2.75, 3.05) is 19.1 Å². The molecule has 0 bridgehead atoms. The maximum absolute atomic E-state index is 12.6. The molecule has 0 spiro atoms. The van der Waals surface area contributed by atoms with Gasteiger partial charge in [-0.15, -0.1) is 0 Å². The molecule has 0 saturated heterocycles. The highest BCUT2D eigenvalue weighted by Gasteiger charge is 2.23. The van der Waals surface area contributed by atoms with Gasteiger partial charge in [-0.3, -0.25) is 4.57 Å². The van der Waals surface area contributed by atoms with Gasteiger partial charge in [-0.1, -0.05) is 54.5 Å². The minimum Gasteiger partial charge on any atom is -0.363 e. The molecule has 1 aromatic heterocycles. The Kier molecular flexibility index (Phi) is 7.75. The third-order valence-corrected chi connectivity index (χ3v) is 7.56. The van der Waals surface area contributed by atoms with Crippen molar-refractivity contribution in [1.82, 2.24) is 5.16 Å². The molecule has 30 heavy (non-hydrogen) atoms. The molecule has 9 heteroatoms. The largest absolute Gasteiger partial charge is 0.363 e. The number of hydrogen-bond donors (Lipinski definition) is 1. The van der Waals surface area contributed by atoms with Crippen molar-refractivity contribution in [2.24, 2.45) is 5.14 Å². The lowest BCUT2D eigenvalue weighted by Gasteiger charge is -2.15. The summed E-state index contributed by atoms with van der Waals surface area (Å²) in [5.74, 6) is 0.509. The molecule has 2 unspecified atom stereocenters. The second-order valence-electron chi connectivity index (χ2n) is 6.54. The van der Waals surface area contributed by atoms with Crippen LogP contribution in [0.5, 0.6) is 0 Å². The van der Waals surface area contributed by atoms with Crippen LogP contribution in [0.4, 0.5) is 0 Å². The summed E-state index contributed by atoms with van der Waals surface area (Å²) in [7, 11) is -4.38. The second-order valence-corrected chi connectivity index (χ2v) is 10.4. The van der Waals surface area contributed by atoms with Gasteiger partial charge in [0.15, 0.2) is 5.76 Å². The van der Waals surface area contributed by atoms with Gasteiger partial charge < -0.3 is 13.8 Å². The van der Waals surface area contributed by atoms with E-state index in [9.17, 15) is 8.77 Å². The Morgan fingerprint density at radius 2 is 1.77 bits per heavy atom. The lowest BCUT2D eigenvalue weighted by Crippen LogP contribution is -2.03. The van der Waals surface area contributed by atoms with E-state index in [1.54, 1.807) is 19.1 Å². The smallest absolute Gasteiger partial charge is 0.227 e. The van der Waals surface area contributed by atoms with Crippen LogP contribution in [0, 0.1) is 0 Å². The van der Waals surface area contributed by atoms with Gasteiger partial charge in [-0.2, -0.15) is 0 Å². The lowest BCUT2D eigenvalue weighted by molar-refractivity contribution is 0.128. The van der Waals surface area contributed by atoms with E-state index in [1.165, 1.54) is 0 Å². The number of rotatable bonds is 10. The third-order valence-electron chi connectivity index (χ3n) is 4.55. The number of hydrogen-bond acceptors (Lipinski definition) is 6. The minimum absolute atomic E-state index is 0.00322. The zero-order valence-corrected chi connectivity index (χ0v) is 18.7. The molecular formula is C21H25N2O5PS. The molecule has 160 valence electrons. The molecule has 3 aromatic rings. The van der Waals surface area contributed by atoms with E-state index in [4.69, 9.17) is 18.9 Å². The molecule has 0 amide bonds. The van der Waals surface area contributed by atoms with E-state index in [0.29, 0.717) is 29.1 Å². The van der Waals surface area contributed by atoms with Crippen LogP contribution in [0.2, 0.25) is 0 Å². The summed E-state index contributed by atoms with van der Waals surface area (Å²) >= 11 is 0. The van der Waals surface area contributed by atoms with E-state index in [-0.39, 0.29) is 13.0 Å². The number of nitrogens with two attached hydrogens (primary N) is 1. The van der Waals surface area contributed by atoms with Crippen molar-refractivity contribution in [2.45, 2.75) is 25.3 Å². The van der Waals surface area contributed by atoms with Crippen molar-refractivity contribution < 1.29 is 22.6 Å². The van der Waals surface area contributed by atoms with Gasteiger partial charge in [0.1, 0.15) is 29.6 Å². The van der Waals surface area contributed by atoms with Gasteiger partial charge in [0.05, 0.1) is 17.1 Å². The molecule has 3 rings (SSSR count). The Balaban J connectivity index is 1.93. The highest BCUT2D eigenvalue weighted by molar-refractivity contribution is 7.82. The molecular weight excluding hydrogens is 423 g/mol. The van der Waals surface area contributed by atoms with Crippen LogP contribution in [0.25, 0.3) is 22.4 Å². The van der Waals surface area contributed by atoms with Gasteiger partial charge in [0.25, 0.3) is 0 Å². The van der Waals surface area contributed by atoms with Crippen molar-refractivity contribution in [3.8, 4) is 22.4 Å². The molecule has 0 aliphatic heterocycles. The predicted octanol–water partition coefficient (Wildman–Crippen LogP) is 4.80. The van der Waals surface area contributed by atoms with Crippen LogP contribution in [-0.4, -0.2) is 28.5 Å². The molecule has 0 aliphatic carbocycles. The minimum atomic E-state index is -2.83. The second kappa shape index (κ2) is 10.3. The number of benzene rings is 2. The van der Waals surface area contributed by atoms with E-state index in [1.807, 2.05) is 49.4 Å². The molecule has 0 fully saturated rings. The summed E-state index contributed by atoms with van der Waals surface area (Å²) in [6.45, 7) is 4.09. The van der Waals surface area contributed by atoms with Crippen LogP contribution in [0.1, 0.15) is 19.6 Å². The molecule has 0 aliphatic rings. The molecule has 2 N–H and O–H groups in total. The quantitative estimate of drug-likeness (QED) is 0.447. The van der Waals surface area contributed by atoms with Crippen molar-refractivity contribution in [3.05, 3.63) is 60.4 Å². The van der Waals surface area contributed by atoms with Crippen LogP contribution >= 0.6 is 7.37 Å². The van der Waals surface area contributed by atoms with Crippen LogP contribution in [0.3, 0.4) is 0 Å². The lowest BCUT2D eigenvalue weighted by atomic mass is 9.99. The fraction of sp³-hybridized carbons (Fsp3) is 0.286. The van der Waals surface area contributed by atoms with Gasteiger partial charge in [0.2, 0.25) is 7.37 Å². The number of ether oxygens (including phenoxy) is 1. The van der Waals surface area contributed by atoms with Crippen molar-refractivity contribution >= 4 is 18.4 Å². The van der Waals surface area contributed by atoms with E-state index in [2.05, 4.69) is 5.16 Å². The van der Waals surface area contributed by atoms with Gasteiger partial charge in [-0.05, 0) is 24.6 Å². The van der Waals surface area contributed by atoms with Crippen molar-refractivity contribution in [3.63, 3.8) is 0 Å². The summed E-state index contributed by atoms with van der Waals surface area (Å²) in [5.41, 5.74) is 3.14. The number of nitrogens with zero attached hydrogens (tertiary/aromatic N) is 1. The maximum Gasteiger partial charge on any atom is 0.227 e. The first-order valence-electron chi connectivity index (χ1n) is 9.58. The van der Waals surface area contributed by atoms with E-state index in [0.717, 1.165) is 16.7 Å². The van der Waals surface area contributed by atoms with Crippen LogP contribution in [-0.2, 0) is 31.4 Å². The molecule has 0 radical (unpaired) electrons. The monoisotopic (exact) mass is 448 g/mol. The summed E-state index contributed by atoms with van der Waals surface area (Å²) in [6, 6.07) is 16.7.